The molecule has 6 heteroatoms. The van der Waals surface area contributed by atoms with Gasteiger partial charge in [-0.15, -0.1) is 0 Å². The number of unbranched alkanes of at least 4 members (excludes halogenated alkanes) is 9. The molecule has 0 unspecified atom stereocenters. The van der Waals surface area contributed by atoms with E-state index in [-0.39, 0.29) is 5.32 Å². The van der Waals surface area contributed by atoms with Crippen molar-refractivity contribution >= 4 is 13.4 Å². The normalized spacial score (nSPS) is 12.4. The molecule has 0 aromatic carbocycles. The van der Waals surface area contributed by atoms with Gasteiger partial charge in [0, 0.05) is 13.1 Å². The van der Waals surface area contributed by atoms with E-state index in [0.717, 1.165) is 25.9 Å². The second-order valence-corrected chi connectivity index (χ2v) is 10.9. The van der Waals surface area contributed by atoms with Crippen LogP contribution in [0.4, 0.5) is 0 Å². The molecule has 0 amide bonds. The molecule has 0 aliphatic carbocycles. The van der Waals surface area contributed by atoms with Crippen LogP contribution in [0.3, 0.4) is 0 Å². The summed E-state index contributed by atoms with van der Waals surface area (Å²) < 4.78 is 28.0. The van der Waals surface area contributed by atoms with E-state index in [2.05, 4.69) is 44.9 Å². The van der Waals surface area contributed by atoms with E-state index in [4.69, 9.17) is 8.38 Å². The number of hydrogen-bond donors (Lipinski definition) is 2. The van der Waals surface area contributed by atoms with E-state index >= 15 is 0 Å². The number of hydrogen-bond acceptors (Lipinski definition) is 3. The summed E-state index contributed by atoms with van der Waals surface area (Å²) >= 11 is -4.30. The van der Waals surface area contributed by atoms with E-state index in [9.17, 15) is 3.83 Å². The first kappa shape index (κ1) is 26.4. The second-order valence-electron chi connectivity index (χ2n) is 7.18. The molecular weight excluding hydrogens is 371 g/mol. The molecule has 150 valence electrons. The summed E-state index contributed by atoms with van der Waals surface area (Å²) in [6.07, 6.45) is 12.0. The number of rotatable bonds is 14. The molecule has 0 atom stereocenters. The minimum Gasteiger partial charge on any atom is -0.308 e. The summed E-state index contributed by atoms with van der Waals surface area (Å²) in [7, 11) is 8.35. The Morgan fingerprint density at radius 1 is 0.667 bits per heavy atom. The molecule has 24 heavy (non-hydrogen) atoms. The van der Waals surface area contributed by atoms with Crippen LogP contribution < -0.4 is 0 Å². The third-order valence-electron chi connectivity index (χ3n) is 3.80. The molecule has 0 rings (SSSR count). The maximum absolute atomic E-state index is 10.6. The van der Waals surface area contributed by atoms with Crippen LogP contribution in [0.5, 0.6) is 0 Å². The maximum Gasteiger partial charge on any atom is 0.0103 e. The van der Waals surface area contributed by atoms with Gasteiger partial charge in [0.2, 0.25) is 0 Å². The fraction of sp³-hybridized carbons (Fsp3) is 1.00. The maximum atomic E-state index is 10.6. The fourth-order valence-electron chi connectivity index (χ4n) is 2.21. The van der Waals surface area contributed by atoms with E-state index in [1.165, 1.54) is 44.9 Å². The van der Waals surface area contributed by atoms with Crippen molar-refractivity contribution in [2.45, 2.75) is 76.5 Å². The van der Waals surface area contributed by atoms with Gasteiger partial charge >= 0.3 is 102 Å². The number of nitrogens with zero attached hydrogens (tertiary/aromatic N) is 2. The van der Waals surface area contributed by atoms with Crippen molar-refractivity contribution in [3.63, 3.8) is 0 Å². The van der Waals surface area contributed by atoms with Gasteiger partial charge < -0.3 is 9.80 Å². The third kappa shape index (κ3) is 30.1. The van der Waals surface area contributed by atoms with Gasteiger partial charge in [0.15, 0.2) is 0 Å². The Balaban J connectivity index is 0. The molecule has 0 saturated heterocycles. The molecule has 0 bridgehead atoms. The Bertz CT molecular complexity index is 286. The Morgan fingerprint density at radius 3 is 1.29 bits per heavy atom. The molecule has 2 N–H and O–H groups in total. The van der Waals surface area contributed by atoms with Crippen molar-refractivity contribution < 1.29 is 12.2 Å². The molecule has 0 aliphatic heterocycles. The quantitative estimate of drug-likeness (QED) is 0.337. The predicted molar refractivity (Wildman–Crippen MR) is 106 cm³/mol. The summed E-state index contributed by atoms with van der Waals surface area (Å²) in [5.74, 6) is 0. The van der Waals surface area contributed by atoms with E-state index in [1.807, 2.05) is 0 Å². The van der Waals surface area contributed by atoms with Gasteiger partial charge in [0.1, 0.15) is 0 Å². The van der Waals surface area contributed by atoms with Crippen molar-refractivity contribution in [3.8, 4) is 0 Å². The first-order valence-electron chi connectivity index (χ1n) is 9.53. The summed E-state index contributed by atoms with van der Waals surface area (Å²) in [5.41, 5.74) is 0. The van der Waals surface area contributed by atoms with Crippen LogP contribution in [0.2, 0.25) is 5.32 Å². The summed E-state index contributed by atoms with van der Waals surface area (Å²) in [6.45, 7) is 4.52. The monoisotopic (exact) mass is 416 g/mol. The Hall–Kier alpha value is 0.159. The predicted octanol–water partition coefficient (Wildman–Crippen LogP) is 3.10. The molecule has 0 aromatic heterocycles. The number of likely N-dealkylation sites (N-methyl/N-ethyl adjacent to an activating group) is 2. The molecule has 0 aliphatic rings. The van der Waals surface area contributed by atoms with Gasteiger partial charge in [0.05, 0.1) is 0 Å². The zero-order chi connectivity index (χ0) is 18.8. The first-order chi connectivity index (χ1) is 11.2. The summed E-state index contributed by atoms with van der Waals surface area (Å²) in [6, 6.07) is 0. The van der Waals surface area contributed by atoms with Gasteiger partial charge in [-0.3, -0.25) is 0 Å². The van der Waals surface area contributed by atoms with Crippen molar-refractivity contribution in [2.24, 2.45) is 0 Å². The van der Waals surface area contributed by atoms with Crippen LogP contribution in [-0.4, -0.2) is 72.9 Å². The van der Waals surface area contributed by atoms with Crippen molar-refractivity contribution in [1.29, 1.82) is 0 Å². The first-order valence-corrected chi connectivity index (χ1v) is 13.3. The second kappa shape index (κ2) is 18.0. The molecule has 0 spiro atoms. The molecule has 5 nitrogen and oxygen atoms in total. The molecular formula is C18H44N2O3Se. The van der Waals surface area contributed by atoms with Gasteiger partial charge in [-0.05, 0) is 28.2 Å². The minimum atomic E-state index is -4.30. The third-order valence-corrected chi connectivity index (χ3v) is 5.68. The molecule has 0 heterocycles. The van der Waals surface area contributed by atoms with Crippen LogP contribution in [-0.2, 0) is 3.83 Å². The Labute approximate surface area is 153 Å². The molecule has 0 aromatic rings. The van der Waals surface area contributed by atoms with Crippen LogP contribution >= 0.6 is 0 Å². The SMILES string of the molecule is CCCCCCCCCCCC[SeH](=O)(O)O.CN(C)CCN(C)C. The van der Waals surface area contributed by atoms with Crippen LogP contribution in [0.1, 0.15) is 71.1 Å². The summed E-state index contributed by atoms with van der Waals surface area (Å²) in [4.78, 5) is 4.36. The van der Waals surface area contributed by atoms with Crippen LogP contribution in [0.15, 0.2) is 0 Å². The van der Waals surface area contributed by atoms with Crippen molar-refractivity contribution in [1.82, 2.24) is 9.80 Å². The minimum absolute atomic E-state index is 0.120. The van der Waals surface area contributed by atoms with Gasteiger partial charge in [0.25, 0.3) is 0 Å². The molecule has 0 radical (unpaired) electrons. The smallest absolute Gasteiger partial charge is 0.0103 e. The standard InChI is InChI=1S/C12H28O3Se.C6H16N2/c1-2-3-4-5-6-7-8-9-10-11-12-16(13,14)15;1-7(2)5-6-8(3)4/h16H,2-12H2,1H3,(H2,13,14,15);5-6H2,1-4H3. The van der Waals surface area contributed by atoms with Gasteiger partial charge in [-0.1, -0.05) is 0 Å². The van der Waals surface area contributed by atoms with E-state index in [1.54, 1.807) is 0 Å². The average molecular weight is 416 g/mol. The zero-order valence-corrected chi connectivity index (χ0v) is 18.7. The Kier molecular flexibility index (Phi) is 19.8. The van der Waals surface area contributed by atoms with Crippen LogP contribution in [0.25, 0.3) is 0 Å². The Morgan fingerprint density at radius 2 is 1.00 bits per heavy atom. The molecule has 0 saturated carbocycles. The molecule has 0 fully saturated rings. The topological polar surface area (TPSA) is 64.0 Å². The van der Waals surface area contributed by atoms with E-state index < -0.39 is 13.4 Å². The zero-order valence-electron chi connectivity index (χ0n) is 16.8. The van der Waals surface area contributed by atoms with E-state index in [0.29, 0.717) is 6.42 Å². The fourth-order valence-corrected chi connectivity index (χ4v) is 3.54. The van der Waals surface area contributed by atoms with Gasteiger partial charge in [-0.2, -0.15) is 0 Å². The largest absolute Gasteiger partial charge is 0.308 e. The average Bonchev–Trinajstić information content (AvgIpc) is 2.46. The summed E-state index contributed by atoms with van der Waals surface area (Å²) in [5, 5.41) is 0.120. The van der Waals surface area contributed by atoms with Crippen LogP contribution in [0, 0.1) is 0 Å². The van der Waals surface area contributed by atoms with Crippen molar-refractivity contribution in [2.75, 3.05) is 41.3 Å². The van der Waals surface area contributed by atoms with Gasteiger partial charge in [-0.25, -0.2) is 0 Å². The van der Waals surface area contributed by atoms with Crippen molar-refractivity contribution in [3.05, 3.63) is 0 Å².